The van der Waals surface area contributed by atoms with Crippen LogP contribution in [0.3, 0.4) is 0 Å². The maximum Gasteiger partial charge on any atom is 0.213 e. The summed E-state index contributed by atoms with van der Waals surface area (Å²) in [5, 5.41) is 6.86. The third-order valence-electron chi connectivity index (χ3n) is 5.23. The molecule has 0 aliphatic carbocycles. The molecule has 7 nitrogen and oxygen atoms in total. The monoisotopic (exact) mass is 397 g/mol. The molecule has 2 heterocycles. The summed E-state index contributed by atoms with van der Waals surface area (Å²) in [6, 6.07) is 12.4. The predicted molar refractivity (Wildman–Crippen MR) is 116 cm³/mol. The fourth-order valence-corrected chi connectivity index (χ4v) is 3.70. The minimum absolute atomic E-state index is 0.230. The van der Waals surface area contributed by atoms with Gasteiger partial charge in [0.2, 0.25) is 5.88 Å². The number of hydrogen-bond acceptors (Lipinski definition) is 5. The Morgan fingerprint density at radius 3 is 2.66 bits per heavy atom. The highest BCUT2D eigenvalue weighted by molar-refractivity contribution is 5.79. The van der Waals surface area contributed by atoms with E-state index in [2.05, 4.69) is 37.6 Å². The maximum absolute atomic E-state index is 5.63. The number of rotatable bonds is 8. The highest BCUT2D eigenvalue weighted by Crippen LogP contribution is 2.31. The van der Waals surface area contributed by atoms with Gasteiger partial charge in [0, 0.05) is 38.0 Å². The average molecular weight is 398 g/mol. The third-order valence-corrected chi connectivity index (χ3v) is 5.23. The van der Waals surface area contributed by atoms with Gasteiger partial charge in [-0.15, -0.1) is 0 Å². The molecule has 1 saturated heterocycles. The number of aromatic nitrogens is 1. The molecule has 3 rings (SSSR count). The predicted octanol–water partition coefficient (Wildman–Crippen LogP) is 2.60. The Kier molecular flexibility index (Phi) is 7.69. The lowest BCUT2D eigenvalue weighted by Gasteiger charge is -2.30. The van der Waals surface area contributed by atoms with E-state index in [9.17, 15) is 0 Å². The van der Waals surface area contributed by atoms with Crippen molar-refractivity contribution in [1.82, 2.24) is 20.5 Å². The standard InChI is InChI=1S/C22H31N5O2/c1-23-22(25-15-17-10-11-24-21(14-17)29-3)26-16-19(27-12-6-7-13-27)18-8-4-5-9-20(18)28-2/h4-5,8-11,14,19H,6-7,12-13,15-16H2,1-3H3,(H2,23,25,26). The average Bonchev–Trinajstić information content (AvgIpc) is 3.31. The SMILES string of the molecule is CN=C(NCc1ccnc(OC)c1)NCC(c1ccccc1OC)N1CCCC1. The summed E-state index contributed by atoms with van der Waals surface area (Å²) in [5.41, 5.74) is 2.29. The highest BCUT2D eigenvalue weighted by atomic mass is 16.5. The molecule has 2 aromatic rings. The van der Waals surface area contributed by atoms with Gasteiger partial charge in [0.05, 0.1) is 20.3 Å². The van der Waals surface area contributed by atoms with E-state index in [-0.39, 0.29) is 6.04 Å². The molecule has 1 aromatic carbocycles. The van der Waals surface area contributed by atoms with Crippen molar-refractivity contribution < 1.29 is 9.47 Å². The molecule has 1 aromatic heterocycles. The molecule has 1 aliphatic heterocycles. The lowest BCUT2D eigenvalue weighted by atomic mass is 10.0. The van der Waals surface area contributed by atoms with E-state index in [0.29, 0.717) is 12.4 Å². The van der Waals surface area contributed by atoms with E-state index in [1.807, 2.05) is 24.3 Å². The quantitative estimate of drug-likeness (QED) is 0.527. The molecule has 156 valence electrons. The largest absolute Gasteiger partial charge is 0.496 e. The minimum atomic E-state index is 0.230. The number of hydrogen-bond donors (Lipinski definition) is 2. The van der Waals surface area contributed by atoms with Crippen LogP contribution in [-0.2, 0) is 6.54 Å². The van der Waals surface area contributed by atoms with Gasteiger partial charge >= 0.3 is 0 Å². The number of benzene rings is 1. The number of nitrogens with one attached hydrogen (secondary N) is 2. The molecule has 0 amide bonds. The van der Waals surface area contributed by atoms with Crippen LogP contribution in [0.15, 0.2) is 47.6 Å². The van der Waals surface area contributed by atoms with Crippen LogP contribution in [0.5, 0.6) is 11.6 Å². The van der Waals surface area contributed by atoms with E-state index < -0.39 is 0 Å². The molecular formula is C22H31N5O2. The van der Waals surface area contributed by atoms with E-state index in [4.69, 9.17) is 9.47 Å². The second-order valence-corrected chi connectivity index (χ2v) is 7.01. The fraction of sp³-hybridized carbons (Fsp3) is 0.455. The second kappa shape index (κ2) is 10.7. The Labute approximate surface area is 173 Å². The van der Waals surface area contributed by atoms with Crippen molar-refractivity contribution in [2.45, 2.75) is 25.4 Å². The van der Waals surface area contributed by atoms with Gasteiger partial charge in [0.25, 0.3) is 0 Å². The lowest BCUT2D eigenvalue weighted by Crippen LogP contribution is -2.42. The minimum Gasteiger partial charge on any atom is -0.496 e. The smallest absolute Gasteiger partial charge is 0.213 e. The normalized spacial score (nSPS) is 15.8. The maximum atomic E-state index is 5.63. The molecule has 0 saturated carbocycles. The number of nitrogens with zero attached hydrogens (tertiary/aromatic N) is 3. The van der Waals surface area contributed by atoms with Crippen molar-refractivity contribution in [2.24, 2.45) is 4.99 Å². The van der Waals surface area contributed by atoms with Gasteiger partial charge in [-0.3, -0.25) is 9.89 Å². The Balaban J connectivity index is 1.65. The van der Waals surface area contributed by atoms with E-state index in [1.165, 1.54) is 18.4 Å². The zero-order chi connectivity index (χ0) is 20.5. The van der Waals surface area contributed by atoms with Crippen LogP contribution >= 0.6 is 0 Å². The summed E-state index contributed by atoms with van der Waals surface area (Å²) >= 11 is 0. The van der Waals surface area contributed by atoms with Crippen LogP contribution in [0.1, 0.15) is 30.0 Å². The first kappa shape index (κ1) is 20.9. The molecule has 0 spiro atoms. The van der Waals surface area contributed by atoms with Crippen molar-refractivity contribution in [1.29, 1.82) is 0 Å². The Hall–Kier alpha value is -2.80. The number of likely N-dealkylation sites (tertiary alicyclic amines) is 1. The topological polar surface area (TPSA) is 71.0 Å². The van der Waals surface area contributed by atoms with E-state index >= 15 is 0 Å². The summed E-state index contributed by atoms with van der Waals surface area (Å²) in [5.74, 6) is 2.30. The van der Waals surface area contributed by atoms with E-state index in [0.717, 1.165) is 36.9 Å². The zero-order valence-corrected chi connectivity index (χ0v) is 17.5. The number of aliphatic imine (C=N–C) groups is 1. The summed E-state index contributed by atoms with van der Waals surface area (Å²) in [6.07, 6.45) is 4.22. The first-order valence-corrected chi connectivity index (χ1v) is 10.1. The summed E-state index contributed by atoms with van der Waals surface area (Å²) < 4.78 is 10.8. The van der Waals surface area contributed by atoms with Crippen LogP contribution in [0, 0.1) is 0 Å². The van der Waals surface area contributed by atoms with Crippen LogP contribution in [0.4, 0.5) is 0 Å². The van der Waals surface area contributed by atoms with Gasteiger partial charge in [-0.2, -0.15) is 0 Å². The molecule has 7 heteroatoms. The number of ether oxygens (including phenoxy) is 2. The molecule has 1 fully saturated rings. The van der Waals surface area contributed by atoms with E-state index in [1.54, 1.807) is 27.5 Å². The van der Waals surface area contributed by atoms with Crippen molar-refractivity contribution >= 4 is 5.96 Å². The van der Waals surface area contributed by atoms with Crippen molar-refractivity contribution in [3.05, 3.63) is 53.7 Å². The van der Waals surface area contributed by atoms with Crippen molar-refractivity contribution in [3.8, 4) is 11.6 Å². The Bertz CT molecular complexity index is 805. The molecular weight excluding hydrogens is 366 g/mol. The number of guanidine groups is 1. The van der Waals surface area contributed by atoms with Gasteiger partial charge in [0.15, 0.2) is 5.96 Å². The number of para-hydroxylation sites is 1. The van der Waals surface area contributed by atoms with Gasteiger partial charge in [0.1, 0.15) is 5.75 Å². The van der Waals surface area contributed by atoms with Gasteiger partial charge in [-0.25, -0.2) is 4.98 Å². The van der Waals surface area contributed by atoms with Crippen molar-refractivity contribution in [3.63, 3.8) is 0 Å². The summed E-state index contributed by atoms with van der Waals surface area (Å²) in [6.45, 7) is 3.60. The molecule has 29 heavy (non-hydrogen) atoms. The number of methoxy groups -OCH3 is 2. The van der Waals surface area contributed by atoms with Crippen LogP contribution in [0.2, 0.25) is 0 Å². The Morgan fingerprint density at radius 2 is 1.93 bits per heavy atom. The summed E-state index contributed by atoms with van der Waals surface area (Å²) in [4.78, 5) is 11.0. The van der Waals surface area contributed by atoms with Crippen LogP contribution < -0.4 is 20.1 Å². The lowest BCUT2D eigenvalue weighted by molar-refractivity contribution is 0.239. The first-order valence-electron chi connectivity index (χ1n) is 10.1. The van der Waals surface area contributed by atoms with Crippen LogP contribution in [-0.4, -0.2) is 56.7 Å². The molecule has 1 unspecified atom stereocenters. The highest BCUT2D eigenvalue weighted by Gasteiger charge is 2.26. The third kappa shape index (κ3) is 5.60. The Morgan fingerprint density at radius 1 is 1.14 bits per heavy atom. The molecule has 0 radical (unpaired) electrons. The molecule has 1 atom stereocenters. The second-order valence-electron chi connectivity index (χ2n) is 7.01. The molecule has 2 N–H and O–H groups in total. The van der Waals surface area contributed by atoms with Gasteiger partial charge < -0.3 is 20.1 Å². The zero-order valence-electron chi connectivity index (χ0n) is 17.5. The van der Waals surface area contributed by atoms with Crippen molar-refractivity contribution in [2.75, 3.05) is 40.9 Å². The first-order chi connectivity index (χ1) is 14.2. The van der Waals surface area contributed by atoms with Gasteiger partial charge in [-0.1, -0.05) is 18.2 Å². The molecule has 1 aliphatic rings. The molecule has 0 bridgehead atoms. The number of pyridine rings is 1. The van der Waals surface area contributed by atoms with Crippen LogP contribution in [0.25, 0.3) is 0 Å². The summed E-state index contributed by atoms with van der Waals surface area (Å²) in [7, 11) is 5.14. The van der Waals surface area contributed by atoms with Gasteiger partial charge in [-0.05, 0) is 43.6 Å². The fourth-order valence-electron chi connectivity index (χ4n) is 3.70.